The zero-order valence-corrected chi connectivity index (χ0v) is 21.8. The summed E-state index contributed by atoms with van der Waals surface area (Å²) in [5.74, 6) is 3.69. The first-order valence-corrected chi connectivity index (χ1v) is 12.6. The minimum Gasteiger partial charge on any atom is -0.493 e. The topological polar surface area (TPSA) is 92.3 Å². The Morgan fingerprint density at radius 3 is 2.53 bits per heavy atom. The number of aliphatic imine (C=N–C) groups is 1. The van der Waals surface area contributed by atoms with Gasteiger partial charge >= 0.3 is 0 Å². The molecule has 1 atom stereocenters. The molecular formula is C19H33IN4O4S2. The zero-order valence-electron chi connectivity index (χ0n) is 17.8. The van der Waals surface area contributed by atoms with Crippen molar-refractivity contribution in [2.75, 3.05) is 57.1 Å². The Kier molecular flexibility index (Phi) is 12.8. The Morgan fingerprint density at radius 2 is 1.90 bits per heavy atom. The molecule has 1 fully saturated rings. The molecule has 1 unspecified atom stereocenters. The summed E-state index contributed by atoms with van der Waals surface area (Å²) in [4.78, 5) is 4.51. The number of nitrogens with zero attached hydrogens (tertiary/aromatic N) is 2. The molecule has 0 aromatic heterocycles. The second kappa shape index (κ2) is 14.2. The largest absolute Gasteiger partial charge is 0.493 e. The predicted molar refractivity (Wildman–Crippen MR) is 135 cm³/mol. The maximum atomic E-state index is 12.4. The maximum absolute atomic E-state index is 12.4. The van der Waals surface area contributed by atoms with Crippen LogP contribution in [0.15, 0.2) is 29.3 Å². The Labute approximate surface area is 201 Å². The van der Waals surface area contributed by atoms with Crippen LogP contribution in [0.2, 0.25) is 0 Å². The van der Waals surface area contributed by atoms with Gasteiger partial charge in [-0.3, -0.25) is 0 Å². The molecule has 2 rings (SSSR count). The first kappa shape index (κ1) is 27.1. The second-order valence-electron chi connectivity index (χ2n) is 6.55. The molecule has 1 aromatic rings. The maximum Gasteiger partial charge on any atom is 0.215 e. The summed E-state index contributed by atoms with van der Waals surface area (Å²) in [7, 11) is -1.63. The van der Waals surface area contributed by atoms with Gasteiger partial charge in [0.15, 0.2) is 17.5 Å². The Morgan fingerprint density at radius 1 is 1.23 bits per heavy atom. The second-order valence-corrected chi connectivity index (χ2v) is 9.87. The van der Waals surface area contributed by atoms with Gasteiger partial charge in [0.05, 0.1) is 19.4 Å². The SMILES string of the molecule is CCNC(=NCC(C)Oc1ccccc1OC)NCCS(=O)(=O)N1CCSCC1.I. The average molecular weight is 573 g/mol. The summed E-state index contributed by atoms with van der Waals surface area (Å²) in [6.45, 7) is 6.50. The van der Waals surface area contributed by atoms with Crippen LogP contribution in [0.25, 0.3) is 0 Å². The number of hydrogen-bond acceptors (Lipinski definition) is 6. The van der Waals surface area contributed by atoms with Crippen molar-refractivity contribution in [3.05, 3.63) is 24.3 Å². The molecule has 0 spiro atoms. The van der Waals surface area contributed by atoms with Gasteiger partial charge in [-0.25, -0.2) is 17.7 Å². The van der Waals surface area contributed by atoms with Gasteiger partial charge in [-0.05, 0) is 26.0 Å². The van der Waals surface area contributed by atoms with Crippen molar-refractivity contribution in [3.8, 4) is 11.5 Å². The number of guanidine groups is 1. The summed E-state index contributed by atoms with van der Waals surface area (Å²) >= 11 is 1.79. The molecule has 0 amide bonds. The Balaban J connectivity index is 0.00000450. The van der Waals surface area contributed by atoms with Crippen LogP contribution in [0.5, 0.6) is 11.5 Å². The van der Waals surface area contributed by atoms with E-state index in [4.69, 9.17) is 9.47 Å². The van der Waals surface area contributed by atoms with Gasteiger partial charge in [0.25, 0.3) is 0 Å². The van der Waals surface area contributed by atoms with Crippen LogP contribution in [-0.2, 0) is 10.0 Å². The molecule has 1 aromatic carbocycles. The number of benzene rings is 1. The highest BCUT2D eigenvalue weighted by molar-refractivity contribution is 14.0. The van der Waals surface area contributed by atoms with E-state index in [1.165, 1.54) is 0 Å². The lowest BCUT2D eigenvalue weighted by molar-refractivity contribution is 0.219. The van der Waals surface area contributed by atoms with Crippen molar-refractivity contribution in [3.63, 3.8) is 0 Å². The highest BCUT2D eigenvalue weighted by Crippen LogP contribution is 2.26. The monoisotopic (exact) mass is 572 g/mol. The van der Waals surface area contributed by atoms with Crippen molar-refractivity contribution >= 4 is 51.7 Å². The predicted octanol–water partition coefficient (Wildman–Crippen LogP) is 2.01. The number of hydrogen-bond donors (Lipinski definition) is 2. The van der Waals surface area contributed by atoms with E-state index in [0.717, 1.165) is 11.5 Å². The molecule has 30 heavy (non-hydrogen) atoms. The van der Waals surface area contributed by atoms with Crippen molar-refractivity contribution in [2.24, 2.45) is 4.99 Å². The molecule has 1 saturated heterocycles. The lowest BCUT2D eigenvalue weighted by Crippen LogP contribution is -2.44. The summed E-state index contributed by atoms with van der Waals surface area (Å²) in [6, 6.07) is 7.48. The Hall–Kier alpha value is -0.920. The summed E-state index contributed by atoms with van der Waals surface area (Å²) in [6.07, 6.45) is -0.170. The molecular weight excluding hydrogens is 539 g/mol. The van der Waals surface area contributed by atoms with E-state index in [-0.39, 0.29) is 35.8 Å². The van der Waals surface area contributed by atoms with Crippen LogP contribution < -0.4 is 20.1 Å². The van der Waals surface area contributed by atoms with Crippen molar-refractivity contribution in [2.45, 2.75) is 20.0 Å². The molecule has 1 aliphatic heterocycles. The van der Waals surface area contributed by atoms with Gasteiger partial charge in [-0.15, -0.1) is 24.0 Å². The molecule has 0 aliphatic carbocycles. The quantitative estimate of drug-likeness (QED) is 0.252. The third-order valence-corrected chi connectivity index (χ3v) is 7.08. The minimum atomic E-state index is -3.24. The summed E-state index contributed by atoms with van der Waals surface area (Å²) < 4.78 is 37.7. The highest BCUT2D eigenvalue weighted by atomic mass is 127. The molecule has 1 aliphatic rings. The molecule has 1 heterocycles. The Bertz CT molecular complexity index is 759. The number of rotatable bonds is 10. The van der Waals surface area contributed by atoms with Crippen molar-refractivity contribution < 1.29 is 17.9 Å². The van der Waals surface area contributed by atoms with Gasteiger partial charge in [0.2, 0.25) is 10.0 Å². The van der Waals surface area contributed by atoms with E-state index in [0.29, 0.717) is 50.2 Å². The smallest absolute Gasteiger partial charge is 0.215 e. The molecule has 2 N–H and O–H groups in total. The number of nitrogens with one attached hydrogen (secondary N) is 2. The fraction of sp³-hybridized carbons (Fsp3) is 0.632. The minimum absolute atomic E-state index is 0. The number of ether oxygens (including phenoxy) is 2. The molecule has 0 saturated carbocycles. The fourth-order valence-corrected chi connectivity index (χ4v) is 5.28. The van der Waals surface area contributed by atoms with E-state index < -0.39 is 10.0 Å². The number of halogens is 1. The highest BCUT2D eigenvalue weighted by Gasteiger charge is 2.23. The molecule has 0 radical (unpaired) electrons. The number of methoxy groups -OCH3 is 1. The molecule has 11 heteroatoms. The van der Waals surface area contributed by atoms with E-state index in [1.807, 2.05) is 38.1 Å². The first-order valence-electron chi connectivity index (χ1n) is 9.83. The van der Waals surface area contributed by atoms with Crippen LogP contribution >= 0.6 is 35.7 Å². The lowest BCUT2D eigenvalue weighted by Gasteiger charge is -2.25. The number of thioether (sulfide) groups is 1. The van der Waals surface area contributed by atoms with Crippen LogP contribution in [0, 0.1) is 0 Å². The van der Waals surface area contributed by atoms with Crippen LogP contribution in [0.3, 0.4) is 0 Å². The van der Waals surface area contributed by atoms with Gasteiger partial charge in [0.1, 0.15) is 6.10 Å². The van der Waals surface area contributed by atoms with Crippen molar-refractivity contribution in [1.29, 1.82) is 0 Å². The van der Waals surface area contributed by atoms with E-state index >= 15 is 0 Å². The third-order valence-electron chi connectivity index (χ3n) is 4.26. The standard InChI is InChI=1S/C19H32N4O4S2.HI/c1-4-20-19(21-9-14-29(24,25)23-10-12-28-13-11-23)22-15-16(2)27-18-8-6-5-7-17(18)26-3;/h5-8,16H,4,9-15H2,1-3H3,(H2,20,21,22);1H. The van der Waals surface area contributed by atoms with Crippen LogP contribution in [0.4, 0.5) is 0 Å². The third kappa shape index (κ3) is 9.06. The molecule has 172 valence electrons. The number of sulfonamides is 1. The van der Waals surface area contributed by atoms with Gasteiger partial charge in [-0.1, -0.05) is 12.1 Å². The van der Waals surface area contributed by atoms with E-state index in [9.17, 15) is 8.42 Å². The van der Waals surface area contributed by atoms with Crippen LogP contribution in [-0.4, -0.2) is 81.9 Å². The lowest BCUT2D eigenvalue weighted by atomic mass is 10.3. The normalized spacial score (nSPS) is 16.3. The first-order chi connectivity index (χ1) is 14.0. The fourth-order valence-electron chi connectivity index (χ4n) is 2.78. The van der Waals surface area contributed by atoms with Gasteiger partial charge < -0.3 is 20.1 Å². The van der Waals surface area contributed by atoms with Crippen molar-refractivity contribution in [1.82, 2.24) is 14.9 Å². The molecule has 8 nitrogen and oxygen atoms in total. The summed E-state index contributed by atoms with van der Waals surface area (Å²) in [5.41, 5.74) is 0. The average Bonchev–Trinajstić information content (AvgIpc) is 2.73. The van der Waals surface area contributed by atoms with E-state index in [2.05, 4.69) is 15.6 Å². The van der Waals surface area contributed by atoms with Gasteiger partial charge in [-0.2, -0.15) is 11.8 Å². The summed E-state index contributed by atoms with van der Waals surface area (Å²) in [5, 5.41) is 6.24. The van der Waals surface area contributed by atoms with Crippen LogP contribution in [0.1, 0.15) is 13.8 Å². The van der Waals surface area contributed by atoms with Gasteiger partial charge in [0, 0.05) is 37.7 Å². The number of para-hydroxylation sites is 2. The van der Waals surface area contributed by atoms with E-state index in [1.54, 1.807) is 23.2 Å². The zero-order chi connectivity index (χ0) is 21.1. The molecule has 0 bridgehead atoms.